The van der Waals surface area contributed by atoms with Gasteiger partial charge in [-0.1, -0.05) is 183 Å². The van der Waals surface area contributed by atoms with Crippen molar-refractivity contribution in [3.8, 4) is 44.5 Å². The van der Waals surface area contributed by atoms with Gasteiger partial charge in [-0.2, -0.15) is 0 Å². The van der Waals surface area contributed by atoms with Crippen LogP contribution < -0.4 is 0 Å². The van der Waals surface area contributed by atoms with Crippen molar-refractivity contribution in [2.45, 2.75) is 83.2 Å². The van der Waals surface area contributed by atoms with Gasteiger partial charge in [0.05, 0.1) is 0 Å². The molecule has 0 amide bonds. The largest absolute Gasteiger partial charge is 0.452 e. The van der Waals surface area contributed by atoms with Gasteiger partial charge in [-0.05, 0) is 227 Å². The Labute approximate surface area is 461 Å². The van der Waals surface area contributed by atoms with E-state index in [2.05, 4.69) is 250 Å². The van der Waals surface area contributed by atoms with Crippen molar-refractivity contribution < 1.29 is 9.53 Å². The van der Waals surface area contributed by atoms with Gasteiger partial charge in [0.2, 0.25) is 0 Å². The summed E-state index contributed by atoms with van der Waals surface area (Å²) in [7, 11) is 0. The van der Waals surface area contributed by atoms with Gasteiger partial charge in [-0.3, -0.25) is 4.79 Å². The molecule has 0 fully saturated rings. The molecule has 2 heteroatoms. The molecule has 0 spiro atoms. The first-order valence-electron chi connectivity index (χ1n) is 28.4. The van der Waals surface area contributed by atoms with Gasteiger partial charge < -0.3 is 4.74 Å². The maximum Gasteiger partial charge on any atom is 0.318 e. The average Bonchev–Trinajstić information content (AvgIpc) is 4.02. The summed E-state index contributed by atoms with van der Waals surface area (Å²) in [4.78, 5) is 14.8. The van der Waals surface area contributed by atoms with Crippen LogP contribution in [0.2, 0.25) is 0 Å². The van der Waals surface area contributed by atoms with Crippen LogP contribution in [0.1, 0.15) is 111 Å². The summed E-state index contributed by atoms with van der Waals surface area (Å²) in [6.45, 7) is 19.1. The van der Waals surface area contributed by atoms with E-state index in [0.717, 1.165) is 33.4 Å². The van der Waals surface area contributed by atoms with Crippen molar-refractivity contribution in [3.63, 3.8) is 0 Å². The molecule has 0 saturated carbocycles. The van der Waals surface area contributed by atoms with Crippen molar-refractivity contribution >= 4 is 60.2 Å². The number of ether oxygens (including phenoxy) is 1. The Morgan fingerprint density at radius 2 is 0.696 bits per heavy atom. The molecule has 0 saturated heterocycles. The van der Waals surface area contributed by atoms with E-state index in [4.69, 9.17) is 4.74 Å². The molecule has 7 aliphatic rings. The zero-order chi connectivity index (χ0) is 53.4. The minimum Gasteiger partial charge on any atom is -0.452 e. The number of esters is 1. The van der Waals surface area contributed by atoms with E-state index in [1.807, 2.05) is 0 Å². The van der Waals surface area contributed by atoms with Crippen LogP contribution in [0.4, 0.5) is 0 Å². The van der Waals surface area contributed by atoms with E-state index in [0.29, 0.717) is 0 Å². The second-order valence-electron chi connectivity index (χ2n) is 25.8. The minimum atomic E-state index is -0.532. The summed E-state index contributed by atoms with van der Waals surface area (Å²) in [5.41, 5.74) is 27.4. The Morgan fingerprint density at radius 3 is 1.18 bits per heavy atom. The average molecular weight is 1020 g/mol. The van der Waals surface area contributed by atoms with E-state index in [-0.39, 0.29) is 27.6 Å². The zero-order valence-corrected chi connectivity index (χ0v) is 45.9. The van der Waals surface area contributed by atoms with Gasteiger partial charge in [0.15, 0.2) is 0 Å². The van der Waals surface area contributed by atoms with Crippen LogP contribution in [0, 0.1) is 5.92 Å². The summed E-state index contributed by atoms with van der Waals surface area (Å²) in [6.07, 6.45) is 12.9. The highest BCUT2D eigenvalue weighted by atomic mass is 16.5. The Hall–Kier alpha value is -8.59. The third kappa shape index (κ3) is 5.79. The summed E-state index contributed by atoms with van der Waals surface area (Å²) in [5, 5.41) is 9.78. The quantitative estimate of drug-likeness (QED) is 0.127. The molecule has 1 heterocycles. The number of benzene rings is 10. The molecule has 0 bridgehead atoms. The first-order valence-corrected chi connectivity index (χ1v) is 28.4. The van der Waals surface area contributed by atoms with Crippen LogP contribution in [0.25, 0.3) is 98.7 Å². The highest BCUT2D eigenvalue weighted by Gasteiger charge is 2.46. The smallest absolute Gasteiger partial charge is 0.318 e. The lowest BCUT2D eigenvalue weighted by Crippen LogP contribution is -2.33. The van der Waals surface area contributed by atoms with Gasteiger partial charge in [0.25, 0.3) is 0 Å². The molecule has 2 nitrogen and oxygen atoms in total. The number of hydrogen-bond acceptors (Lipinski definition) is 2. The van der Waals surface area contributed by atoms with Crippen molar-refractivity contribution in [2.24, 2.45) is 5.92 Å². The fourth-order valence-electron chi connectivity index (χ4n) is 16.1. The third-order valence-corrected chi connectivity index (χ3v) is 20.3. The van der Waals surface area contributed by atoms with Gasteiger partial charge >= 0.3 is 5.97 Å². The van der Waals surface area contributed by atoms with Crippen LogP contribution in [0.3, 0.4) is 0 Å². The van der Waals surface area contributed by atoms with Crippen molar-refractivity contribution in [2.75, 3.05) is 0 Å². The monoisotopic (exact) mass is 1010 g/mol. The molecule has 2 unspecified atom stereocenters. The van der Waals surface area contributed by atoms with Crippen LogP contribution in [0.5, 0.6) is 0 Å². The van der Waals surface area contributed by atoms with Gasteiger partial charge in [0.1, 0.15) is 12.0 Å². The molecule has 0 N–H and O–H groups in total. The maximum absolute atomic E-state index is 14.8. The topological polar surface area (TPSA) is 26.3 Å². The lowest BCUT2D eigenvalue weighted by molar-refractivity contribution is -0.148. The predicted octanol–water partition coefficient (Wildman–Crippen LogP) is 19.0. The lowest BCUT2D eigenvalue weighted by atomic mass is 9.77. The Balaban J connectivity index is 0.783. The molecular formula is C77H58O2. The Bertz CT molecular complexity index is 4760. The third-order valence-electron chi connectivity index (χ3n) is 20.3. The SMILES string of the molecule is CC1(C)c2ccccc2-c2cc3c(cc21)-c1c(cc(C2=CC4OC(=O)C5C=C(c6cc7c(c8cc9ccccc9cc68)-c6cc8c(cc6C7(C)C)-c6ccccc6C8(C)C)C=CC5=C4C=C2)c2cc4ccccc4cc12)C3(C)C. The molecule has 6 aliphatic carbocycles. The summed E-state index contributed by atoms with van der Waals surface area (Å²) in [6, 6.07) is 60.0. The van der Waals surface area contributed by atoms with E-state index < -0.39 is 12.0 Å². The molecule has 17 rings (SSSR count). The number of fused-ring (bicyclic) bond motifs is 20. The fourth-order valence-corrected chi connectivity index (χ4v) is 16.1. The summed E-state index contributed by atoms with van der Waals surface area (Å²) >= 11 is 0. The van der Waals surface area contributed by atoms with Crippen molar-refractivity contribution in [1.29, 1.82) is 0 Å². The van der Waals surface area contributed by atoms with Crippen LogP contribution in [0.15, 0.2) is 205 Å². The number of rotatable bonds is 2. The maximum atomic E-state index is 14.8. The molecule has 79 heavy (non-hydrogen) atoms. The van der Waals surface area contributed by atoms with Crippen LogP contribution in [-0.2, 0) is 31.2 Å². The molecule has 10 aromatic rings. The predicted molar refractivity (Wildman–Crippen MR) is 328 cm³/mol. The number of allylic oxidation sites excluding steroid dienone is 5. The van der Waals surface area contributed by atoms with Gasteiger partial charge in [-0.15, -0.1) is 0 Å². The molecule has 0 radical (unpaired) electrons. The van der Waals surface area contributed by atoms with Gasteiger partial charge in [0, 0.05) is 27.2 Å². The molecule has 0 aromatic heterocycles. The second-order valence-corrected chi connectivity index (χ2v) is 25.8. The Morgan fingerprint density at radius 1 is 0.329 bits per heavy atom. The fraction of sp³-hybridized carbons (Fsp3) is 0.182. The van der Waals surface area contributed by atoms with Gasteiger partial charge in [-0.25, -0.2) is 0 Å². The number of hydrogen-bond donors (Lipinski definition) is 0. The normalized spacial score (nSPS) is 20.2. The highest BCUT2D eigenvalue weighted by Crippen LogP contribution is 2.61. The first kappa shape index (κ1) is 45.4. The molecule has 10 aromatic carbocycles. The second kappa shape index (κ2) is 14.9. The zero-order valence-electron chi connectivity index (χ0n) is 45.9. The molecule has 2 atom stereocenters. The molecule has 378 valence electrons. The number of carbonyl (C=O) groups excluding carboxylic acids is 1. The van der Waals surface area contributed by atoms with Crippen molar-refractivity contribution in [3.05, 3.63) is 261 Å². The van der Waals surface area contributed by atoms with E-state index >= 15 is 0 Å². The van der Waals surface area contributed by atoms with Crippen LogP contribution >= 0.6 is 0 Å². The molecule has 1 aliphatic heterocycles. The molecular weight excluding hydrogens is 957 g/mol. The standard InChI is InChI=1S/C77H58O2/c1-74(2)62-23-15-13-21-48(62)55-37-66-60(39-64(55)74)71-57-31-43-19-11-9-17-41(43)29-53(57)51(35-68(71)76(66,5)6)45-25-27-47-50-28-26-46(34-70(50)79-73(78)59(47)33-45)52-36-69-72(58-32-44-20-12-10-18-42(44)30-54(52)58)61-40-65-56(38-67(61)77(69,7)8)49-22-14-16-24-63(49)75(65,3)4/h9-40,59,70H,1-8H3. The highest BCUT2D eigenvalue weighted by molar-refractivity contribution is 6.15. The van der Waals surface area contributed by atoms with E-state index in [1.165, 1.54) is 132 Å². The van der Waals surface area contributed by atoms with Crippen LogP contribution in [-0.4, -0.2) is 12.1 Å². The first-order chi connectivity index (χ1) is 38.1. The Kier molecular flexibility index (Phi) is 8.60. The minimum absolute atomic E-state index is 0.107. The van der Waals surface area contributed by atoms with E-state index in [9.17, 15) is 4.79 Å². The lowest BCUT2D eigenvalue weighted by Gasteiger charge is -2.33. The number of carbonyl (C=O) groups is 1. The summed E-state index contributed by atoms with van der Waals surface area (Å²) < 4.78 is 6.63. The summed E-state index contributed by atoms with van der Waals surface area (Å²) in [5.74, 6) is -0.744. The van der Waals surface area contributed by atoms with Crippen molar-refractivity contribution in [1.82, 2.24) is 0 Å². The van der Waals surface area contributed by atoms with E-state index in [1.54, 1.807) is 0 Å².